The quantitative estimate of drug-likeness (QED) is 0.338. The van der Waals surface area contributed by atoms with Gasteiger partial charge in [-0.2, -0.15) is 0 Å². The Hall–Kier alpha value is -2.05. The number of nitrogens with zero attached hydrogens (tertiary/aromatic N) is 4. The van der Waals surface area contributed by atoms with E-state index in [0.29, 0.717) is 18.5 Å². The lowest BCUT2D eigenvalue weighted by atomic mass is 10.1. The van der Waals surface area contributed by atoms with Crippen molar-refractivity contribution in [3.63, 3.8) is 0 Å². The zero-order valence-corrected chi connectivity index (χ0v) is 15.4. The molecular weight excluding hydrogens is 376 g/mol. The molecule has 8 heteroatoms. The van der Waals surface area contributed by atoms with Gasteiger partial charge in [-0.15, -0.1) is 0 Å². The SMILES string of the molecule is CC(C)(C)OC(=O)CN1C(=O)C(N=[N+]=[N-])CCc2cc(Br)ccc21. The minimum Gasteiger partial charge on any atom is -0.459 e. The van der Waals surface area contributed by atoms with E-state index in [0.717, 1.165) is 10.0 Å². The molecule has 0 fully saturated rings. The number of fused-ring (bicyclic) bond motifs is 1. The molecule has 1 aromatic rings. The molecule has 1 unspecified atom stereocenters. The van der Waals surface area contributed by atoms with Crippen LogP contribution < -0.4 is 4.90 Å². The minimum atomic E-state index is -0.830. The average molecular weight is 395 g/mol. The van der Waals surface area contributed by atoms with Crippen LogP contribution in [0.1, 0.15) is 32.8 Å². The Balaban J connectivity index is 2.37. The first-order chi connectivity index (χ1) is 11.2. The van der Waals surface area contributed by atoms with Crippen molar-refractivity contribution >= 4 is 33.5 Å². The molecule has 1 heterocycles. The van der Waals surface area contributed by atoms with Crippen LogP contribution in [0.5, 0.6) is 0 Å². The number of azide groups is 1. The van der Waals surface area contributed by atoms with Gasteiger partial charge in [0.05, 0.1) is 0 Å². The first-order valence-electron chi connectivity index (χ1n) is 7.57. The molecule has 0 saturated carbocycles. The predicted octanol–water partition coefficient (Wildman–Crippen LogP) is 3.75. The van der Waals surface area contributed by atoms with Crippen molar-refractivity contribution in [3.8, 4) is 0 Å². The number of carbonyl (C=O) groups is 2. The number of anilines is 1. The minimum absolute atomic E-state index is 0.220. The molecule has 1 aromatic carbocycles. The highest BCUT2D eigenvalue weighted by Gasteiger charge is 2.32. The van der Waals surface area contributed by atoms with Gasteiger partial charge < -0.3 is 9.64 Å². The summed E-state index contributed by atoms with van der Waals surface area (Å²) >= 11 is 3.41. The molecule has 2 rings (SSSR count). The van der Waals surface area contributed by atoms with Crippen molar-refractivity contribution in [2.24, 2.45) is 5.11 Å². The molecule has 1 aliphatic heterocycles. The van der Waals surface area contributed by atoms with Crippen molar-refractivity contribution in [1.82, 2.24) is 0 Å². The topological polar surface area (TPSA) is 95.4 Å². The Morgan fingerprint density at radius 1 is 1.50 bits per heavy atom. The first kappa shape index (κ1) is 18.3. The number of halogens is 1. The predicted molar refractivity (Wildman–Crippen MR) is 93.6 cm³/mol. The van der Waals surface area contributed by atoms with Gasteiger partial charge in [-0.1, -0.05) is 21.0 Å². The van der Waals surface area contributed by atoms with E-state index in [1.807, 2.05) is 12.1 Å². The van der Waals surface area contributed by atoms with Gasteiger partial charge in [0.15, 0.2) is 0 Å². The number of hydrogen-bond acceptors (Lipinski definition) is 4. The van der Waals surface area contributed by atoms with Gasteiger partial charge in [-0.3, -0.25) is 9.59 Å². The van der Waals surface area contributed by atoms with Gasteiger partial charge in [0.1, 0.15) is 18.2 Å². The third-order valence-electron chi connectivity index (χ3n) is 3.47. The van der Waals surface area contributed by atoms with Crippen molar-refractivity contribution in [2.75, 3.05) is 11.4 Å². The number of aryl methyl sites for hydroxylation is 1. The Morgan fingerprint density at radius 2 is 2.21 bits per heavy atom. The zero-order valence-electron chi connectivity index (χ0n) is 13.8. The lowest BCUT2D eigenvalue weighted by Crippen LogP contribution is -2.42. The summed E-state index contributed by atoms with van der Waals surface area (Å²) in [7, 11) is 0. The van der Waals surface area contributed by atoms with E-state index in [9.17, 15) is 9.59 Å². The molecule has 0 radical (unpaired) electrons. The van der Waals surface area contributed by atoms with Crippen LogP contribution in [0.4, 0.5) is 5.69 Å². The second-order valence-electron chi connectivity index (χ2n) is 6.54. The molecule has 128 valence electrons. The van der Waals surface area contributed by atoms with Crippen molar-refractivity contribution in [2.45, 2.75) is 45.3 Å². The standard InChI is InChI=1S/C16H19BrN4O3/c1-16(2,3)24-14(22)9-21-13-7-5-11(17)8-10(13)4-6-12(15(21)23)19-20-18/h5,7-8,12H,4,6,9H2,1-3H3. The average Bonchev–Trinajstić information content (AvgIpc) is 2.57. The Kier molecular flexibility index (Phi) is 5.51. The van der Waals surface area contributed by atoms with E-state index in [4.69, 9.17) is 10.3 Å². The van der Waals surface area contributed by atoms with Crippen LogP contribution in [0.15, 0.2) is 27.8 Å². The number of carbonyl (C=O) groups excluding carboxylic acids is 2. The van der Waals surface area contributed by atoms with Gasteiger partial charge >= 0.3 is 5.97 Å². The van der Waals surface area contributed by atoms with Crippen molar-refractivity contribution < 1.29 is 14.3 Å². The summed E-state index contributed by atoms with van der Waals surface area (Å²) in [5.41, 5.74) is 9.62. The Bertz CT molecular complexity index is 708. The summed E-state index contributed by atoms with van der Waals surface area (Å²) in [5, 5.41) is 3.59. The molecule has 0 N–H and O–H groups in total. The highest BCUT2D eigenvalue weighted by atomic mass is 79.9. The monoisotopic (exact) mass is 394 g/mol. The highest BCUT2D eigenvalue weighted by molar-refractivity contribution is 9.10. The van der Waals surface area contributed by atoms with E-state index in [2.05, 4.69) is 26.0 Å². The lowest BCUT2D eigenvalue weighted by molar-refractivity contribution is -0.153. The molecule has 0 spiro atoms. The molecule has 24 heavy (non-hydrogen) atoms. The molecule has 1 aliphatic rings. The first-order valence-corrected chi connectivity index (χ1v) is 8.36. The molecule has 1 amide bonds. The summed E-state index contributed by atoms with van der Waals surface area (Å²) in [6, 6.07) is 4.66. The van der Waals surface area contributed by atoms with Crippen LogP contribution in [0, 0.1) is 0 Å². The van der Waals surface area contributed by atoms with Gasteiger partial charge in [0.25, 0.3) is 0 Å². The molecule has 0 bridgehead atoms. The van der Waals surface area contributed by atoms with E-state index in [-0.39, 0.29) is 12.5 Å². The number of amides is 1. The third kappa shape index (κ3) is 4.49. The van der Waals surface area contributed by atoms with Crippen LogP contribution in [0.25, 0.3) is 10.4 Å². The fourth-order valence-electron chi connectivity index (χ4n) is 2.57. The van der Waals surface area contributed by atoms with E-state index >= 15 is 0 Å². The van der Waals surface area contributed by atoms with Gasteiger partial charge in [-0.25, -0.2) is 0 Å². The molecule has 0 aliphatic carbocycles. The molecule has 1 atom stereocenters. The molecular formula is C16H19BrN4O3. The van der Waals surface area contributed by atoms with Crippen LogP contribution in [-0.4, -0.2) is 30.1 Å². The van der Waals surface area contributed by atoms with Crippen LogP contribution >= 0.6 is 15.9 Å². The maximum Gasteiger partial charge on any atom is 0.326 e. The highest BCUT2D eigenvalue weighted by Crippen LogP contribution is 2.30. The lowest BCUT2D eigenvalue weighted by Gasteiger charge is -2.26. The smallest absolute Gasteiger partial charge is 0.326 e. The number of rotatable bonds is 3. The largest absolute Gasteiger partial charge is 0.459 e. The fourth-order valence-corrected chi connectivity index (χ4v) is 2.98. The zero-order chi connectivity index (χ0) is 17.9. The maximum absolute atomic E-state index is 12.7. The van der Waals surface area contributed by atoms with Crippen molar-refractivity contribution in [3.05, 3.63) is 38.7 Å². The number of benzene rings is 1. The number of ether oxygens (including phenoxy) is 1. The molecule has 7 nitrogen and oxygen atoms in total. The van der Waals surface area contributed by atoms with Crippen LogP contribution in [0.2, 0.25) is 0 Å². The second kappa shape index (κ2) is 7.23. The van der Waals surface area contributed by atoms with Gasteiger partial charge in [0.2, 0.25) is 5.91 Å². The fraction of sp³-hybridized carbons (Fsp3) is 0.500. The Morgan fingerprint density at radius 3 is 2.83 bits per heavy atom. The maximum atomic E-state index is 12.7. The third-order valence-corrected chi connectivity index (χ3v) is 3.96. The summed E-state index contributed by atoms with van der Waals surface area (Å²) in [5.74, 6) is -0.897. The van der Waals surface area contributed by atoms with Gasteiger partial charge in [0, 0.05) is 15.1 Å². The summed E-state index contributed by atoms with van der Waals surface area (Å²) in [6.07, 6.45) is 0.978. The number of esters is 1. The van der Waals surface area contributed by atoms with Gasteiger partial charge in [-0.05, 0) is 62.9 Å². The van der Waals surface area contributed by atoms with E-state index in [1.165, 1.54) is 4.90 Å². The summed E-state index contributed by atoms with van der Waals surface area (Å²) in [4.78, 5) is 29.0. The molecule has 0 aromatic heterocycles. The number of hydrogen-bond donors (Lipinski definition) is 0. The summed E-state index contributed by atoms with van der Waals surface area (Å²) in [6.45, 7) is 5.08. The Labute approximate surface area is 148 Å². The second-order valence-corrected chi connectivity index (χ2v) is 7.46. The molecule has 0 saturated heterocycles. The normalized spacial score (nSPS) is 17.6. The van der Waals surface area contributed by atoms with Crippen LogP contribution in [0.3, 0.4) is 0 Å². The van der Waals surface area contributed by atoms with E-state index < -0.39 is 17.6 Å². The summed E-state index contributed by atoms with van der Waals surface area (Å²) < 4.78 is 6.20. The van der Waals surface area contributed by atoms with Crippen LogP contribution in [-0.2, 0) is 20.7 Å². The van der Waals surface area contributed by atoms with E-state index in [1.54, 1.807) is 26.8 Å². The van der Waals surface area contributed by atoms with Crippen molar-refractivity contribution in [1.29, 1.82) is 0 Å².